The number of hydrazone groups is 1. The Morgan fingerprint density at radius 3 is 2.88 bits per heavy atom. The Morgan fingerprint density at radius 1 is 1.25 bits per heavy atom. The Balaban J connectivity index is 1.86. The first-order chi connectivity index (χ1) is 7.92. The first kappa shape index (κ1) is 10.1. The average Bonchev–Trinajstić information content (AvgIpc) is 3.04. The van der Waals surface area contributed by atoms with Crippen molar-refractivity contribution in [1.29, 1.82) is 0 Å². The van der Waals surface area contributed by atoms with Crippen molar-refractivity contribution in [3.8, 4) is 0 Å². The molecule has 0 spiro atoms. The summed E-state index contributed by atoms with van der Waals surface area (Å²) in [5.41, 5.74) is 0. The molecule has 5 nitrogen and oxygen atoms in total. The van der Waals surface area contributed by atoms with Crippen LogP contribution >= 0.6 is 0 Å². The van der Waals surface area contributed by atoms with Gasteiger partial charge >= 0.3 is 0 Å². The van der Waals surface area contributed by atoms with E-state index < -0.39 is 0 Å². The van der Waals surface area contributed by atoms with Gasteiger partial charge in [-0.15, -0.1) is 0 Å². The van der Waals surface area contributed by atoms with Crippen molar-refractivity contribution >= 4 is 6.21 Å². The van der Waals surface area contributed by atoms with Crippen molar-refractivity contribution in [2.24, 2.45) is 5.10 Å². The Labute approximate surface area is 96.2 Å². The summed E-state index contributed by atoms with van der Waals surface area (Å²) in [7, 11) is 0. The van der Waals surface area contributed by atoms with Crippen LogP contribution in [0.5, 0.6) is 0 Å². The molecule has 1 N–H and O–H groups in total. The number of hydrogen-bond donors (Lipinski definition) is 1. The van der Waals surface area contributed by atoms with Crippen molar-refractivity contribution in [2.45, 2.75) is 18.6 Å². The highest BCUT2D eigenvalue weighted by Crippen LogP contribution is 2.26. The van der Waals surface area contributed by atoms with E-state index in [-0.39, 0.29) is 5.79 Å². The molecular weight excluding hydrogens is 202 g/mol. The largest absolute Gasteiger partial charge is 0.340 e. The highest BCUT2D eigenvalue weighted by molar-refractivity contribution is 5.58. The lowest BCUT2D eigenvalue weighted by atomic mass is 10.2. The van der Waals surface area contributed by atoms with Crippen molar-refractivity contribution in [2.75, 3.05) is 32.7 Å². The highest BCUT2D eigenvalue weighted by atomic mass is 15.7. The molecule has 1 unspecified atom stereocenters. The van der Waals surface area contributed by atoms with E-state index in [2.05, 4.69) is 32.6 Å². The Morgan fingerprint density at radius 2 is 2.25 bits per heavy atom. The van der Waals surface area contributed by atoms with Gasteiger partial charge in [0.1, 0.15) is 0 Å². The lowest BCUT2D eigenvalue weighted by Crippen LogP contribution is -2.70. The van der Waals surface area contributed by atoms with Crippen LogP contribution in [0.2, 0.25) is 0 Å². The van der Waals surface area contributed by atoms with Gasteiger partial charge in [-0.1, -0.05) is 6.08 Å². The molecule has 1 saturated heterocycles. The molecule has 1 atom stereocenters. The minimum Gasteiger partial charge on any atom is -0.340 e. The van der Waals surface area contributed by atoms with Gasteiger partial charge in [-0.2, -0.15) is 10.4 Å². The summed E-state index contributed by atoms with van der Waals surface area (Å²) in [5, 5.41) is 14.9. The third-order valence-electron chi connectivity index (χ3n) is 3.40. The summed E-state index contributed by atoms with van der Waals surface area (Å²) in [6.45, 7) is 4.76. The molecule has 3 rings (SSSR count). The fourth-order valence-corrected chi connectivity index (χ4v) is 2.59. The number of nitrogens with one attached hydrogen (secondary N) is 1. The molecule has 16 heavy (non-hydrogen) atoms. The summed E-state index contributed by atoms with van der Waals surface area (Å²) in [6, 6.07) is 0. The van der Waals surface area contributed by atoms with E-state index in [1.54, 1.807) is 0 Å². The van der Waals surface area contributed by atoms with Gasteiger partial charge in [-0.25, -0.2) is 0 Å². The van der Waals surface area contributed by atoms with Crippen molar-refractivity contribution in [1.82, 2.24) is 20.5 Å². The third kappa shape index (κ3) is 1.51. The van der Waals surface area contributed by atoms with Gasteiger partial charge in [0.05, 0.1) is 6.54 Å². The molecule has 0 bridgehead atoms. The van der Waals surface area contributed by atoms with Crippen LogP contribution in [-0.2, 0) is 0 Å². The molecule has 0 aromatic rings. The fraction of sp³-hybridized carbons (Fsp3) is 0.727. The van der Waals surface area contributed by atoms with Crippen molar-refractivity contribution in [3.63, 3.8) is 0 Å². The molecule has 1 radical (unpaired) electrons. The second-order valence-electron chi connectivity index (χ2n) is 4.41. The molecule has 87 valence electrons. The first-order valence-corrected chi connectivity index (χ1v) is 6.05. The van der Waals surface area contributed by atoms with Crippen LogP contribution in [0.1, 0.15) is 12.8 Å². The van der Waals surface area contributed by atoms with Gasteiger partial charge in [0.15, 0.2) is 0 Å². The van der Waals surface area contributed by atoms with E-state index in [1.165, 1.54) is 0 Å². The summed E-state index contributed by atoms with van der Waals surface area (Å²) >= 11 is 0. The monoisotopic (exact) mass is 220 g/mol. The van der Waals surface area contributed by atoms with E-state index in [1.807, 2.05) is 6.21 Å². The summed E-state index contributed by atoms with van der Waals surface area (Å²) in [5.74, 6) is -0.266. The zero-order valence-corrected chi connectivity index (χ0v) is 9.47. The molecule has 5 heteroatoms. The lowest BCUT2D eigenvalue weighted by molar-refractivity contribution is -0.0610. The standard InChI is InChI=1S/C11H18N5/c1-2-8-15(7-1)11(10-12-5-6-13-11)16-9-3-4-14-16/h1,4,7,12H,2-3,5-6,8-10H2. The van der Waals surface area contributed by atoms with Gasteiger partial charge in [-0.3, -0.25) is 5.01 Å². The van der Waals surface area contributed by atoms with Gasteiger partial charge < -0.3 is 10.2 Å². The van der Waals surface area contributed by atoms with Crippen LogP contribution in [0.25, 0.3) is 0 Å². The SMILES string of the molecule is C1=CN(C2(N3CCC=N3)CNCC[N]2)CC1. The topological polar surface area (TPSA) is 45.0 Å². The second-order valence-corrected chi connectivity index (χ2v) is 4.41. The van der Waals surface area contributed by atoms with Crippen LogP contribution in [0.15, 0.2) is 17.4 Å². The van der Waals surface area contributed by atoms with E-state index in [4.69, 9.17) is 5.32 Å². The maximum atomic E-state index is 4.85. The van der Waals surface area contributed by atoms with Crippen molar-refractivity contribution in [3.05, 3.63) is 12.3 Å². The minimum absolute atomic E-state index is 0.266. The zero-order chi connectivity index (χ0) is 10.8. The van der Waals surface area contributed by atoms with E-state index in [0.717, 1.165) is 45.6 Å². The predicted molar refractivity (Wildman–Crippen MR) is 62.9 cm³/mol. The Kier molecular flexibility index (Phi) is 2.57. The molecule has 0 aromatic heterocycles. The normalized spacial score (nSPS) is 34.0. The zero-order valence-electron chi connectivity index (χ0n) is 9.47. The van der Waals surface area contributed by atoms with Crippen LogP contribution in [-0.4, -0.2) is 54.6 Å². The molecule has 0 aliphatic carbocycles. The second kappa shape index (κ2) is 4.07. The quantitative estimate of drug-likeness (QED) is 0.698. The molecule has 0 aromatic carbocycles. The predicted octanol–water partition coefficient (Wildman–Crippen LogP) is -0.241. The van der Waals surface area contributed by atoms with Crippen LogP contribution in [0, 0.1) is 0 Å². The molecule has 3 aliphatic heterocycles. The maximum absolute atomic E-state index is 4.85. The summed E-state index contributed by atoms with van der Waals surface area (Å²) < 4.78 is 0. The molecule has 0 amide bonds. The van der Waals surface area contributed by atoms with Gasteiger partial charge in [-0.05, 0) is 12.6 Å². The van der Waals surface area contributed by atoms with Gasteiger partial charge in [0.2, 0.25) is 5.79 Å². The third-order valence-corrected chi connectivity index (χ3v) is 3.40. The van der Waals surface area contributed by atoms with Crippen LogP contribution < -0.4 is 10.6 Å². The molecule has 0 saturated carbocycles. The smallest absolute Gasteiger partial charge is 0.212 e. The van der Waals surface area contributed by atoms with Gasteiger partial charge in [0.25, 0.3) is 0 Å². The Bertz CT molecular complexity index is 281. The number of rotatable bonds is 2. The molecule has 3 aliphatic rings. The van der Waals surface area contributed by atoms with Crippen LogP contribution in [0.4, 0.5) is 0 Å². The van der Waals surface area contributed by atoms with Gasteiger partial charge in [0, 0.05) is 38.8 Å². The minimum atomic E-state index is -0.266. The number of piperazine rings is 1. The number of nitrogens with zero attached hydrogens (tertiary/aromatic N) is 4. The van der Waals surface area contributed by atoms with E-state index in [0.29, 0.717) is 0 Å². The van der Waals surface area contributed by atoms with E-state index >= 15 is 0 Å². The van der Waals surface area contributed by atoms with E-state index in [9.17, 15) is 0 Å². The summed E-state index contributed by atoms with van der Waals surface area (Å²) in [6.07, 6.45) is 8.53. The van der Waals surface area contributed by atoms with Crippen molar-refractivity contribution < 1.29 is 0 Å². The number of hydrogen-bond acceptors (Lipinski definition) is 4. The molecule has 1 fully saturated rings. The van der Waals surface area contributed by atoms with Crippen LogP contribution in [0.3, 0.4) is 0 Å². The highest BCUT2D eigenvalue weighted by Gasteiger charge is 2.44. The lowest BCUT2D eigenvalue weighted by Gasteiger charge is -2.48. The molecular formula is C11H18N5. The fourth-order valence-electron chi connectivity index (χ4n) is 2.59. The average molecular weight is 220 g/mol. The maximum Gasteiger partial charge on any atom is 0.212 e. The first-order valence-electron chi connectivity index (χ1n) is 6.05. The Hall–Kier alpha value is -1.07. The molecule has 3 heterocycles. The summed E-state index contributed by atoms with van der Waals surface area (Å²) in [4.78, 5) is 2.32.